The molecule has 2 aromatic rings. The third kappa shape index (κ3) is 2.78. The molecule has 1 aliphatic rings. The largest absolute Gasteiger partial charge is 0.391 e. The van der Waals surface area contributed by atoms with Gasteiger partial charge in [0.25, 0.3) is 5.91 Å². The number of thiazole rings is 1. The van der Waals surface area contributed by atoms with Gasteiger partial charge in [-0.05, 0) is 26.2 Å². The zero-order valence-electron chi connectivity index (χ0n) is 12.8. The zero-order chi connectivity index (χ0) is 15.7. The molecule has 1 amide bonds. The molecule has 1 saturated carbocycles. The SMILES string of the molecule is Cc1nc(-c2ccccc2)sc1C(=O)N(C)[C@@H]1CCC[C@H]1O. The van der Waals surface area contributed by atoms with Gasteiger partial charge in [0.05, 0.1) is 17.8 Å². The molecule has 0 saturated heterocycles. The first kappa shape index (κ1) is 15.2. The Hall–Kier alpha value is -1.72. The van der Waals surface area contributed by atoms with Crippen molar-refractivity contribution in [2.75, 3.05) is 7.05 Å². The molecule has 1 N–H and O–H groups in total. The average Bonchev–Trinajstić information content (AvgIpc) is 3.13. The van der Waals surface area contributed by atoms with Gasteiger partial charge in [0.15, 0.2) is 0 Å². The molecule has 22 heavy (non-hydrogen) atoms. The summed E-state index contributed by atoms with van der Waals surface area (Å²) in [6.45, 7) is 1.87. The summed E-state index contributed by atoms with van der Waals surface area (Å²) in [6, 6.07) is 9.82. The molecule has 1 aliphatic carbocycles. The van der Waals surface area contributed by atoms with E-state index >= 15 is 0 Å². The van der Waals surface area contributed by atoms with Crippen molar-refractivity contribution in [3.63, 3.8) is 0 Å². The number of likely N-dealkylation sites (N-methyl/N-ethyl adjacent to an activating group) is 1. The number of nitrogens with zero attached hydrogens (tertiary/aromatic N) is 2. The van der Waals surface area contributed by atoms with Crippen LogP contribution in [0.15, 0.2) is 30.3 Å². The summed E-state index contributed by atoms with van der Waals surface area (Å²) >= 11 is 1.43. The summed E-state index contributed by atoms with van der Waals surface area (Å²) < 4.78 is 0. The van der Waals surface area contributed by atoms with Gasteiger partial charge in [-0.1, -0.05) is 30.3 Å². The van der Waals surface area contributed by atoms with Crippen molar-refractivity contribution in [3.8, 4) is 10.6 Å². The number of rotatable bonds is 3. The molecule has 0 unspecified atom stereocenters. The first-order chi connectivity index (χ1) is 10.6. The van der Waals surface area contributed by atoms with Crippen LogP contribution in [-0.2, 0) is 0 Å². The summed E-state index contributed by atoms with van der Waals surface area (Å²) in [4.78, 5) is 19.6. The van der Waals surface area contributed by atoms with E-state index < -0.39 is 6.10 Å². The molecule has 4 nitrogen and oxygen atoms in total. The number of benzene rings is 1. The predicted molar refractivity (Wildman–Crippen MR) is 88.0 cm³/mol. The molecule has 116 valence electrons. The Morgan fingerprint density at radius 2 is 2.05 bits per heavy atom. The minimum atomic E-state index is -0.407. The molecular weight excluding hydrogens is 296 g/mol. The average molecular weight is 316 g/mol. The van der Waals surface area contributed by atoms with Gasteiger partial charge in [-0.2, -0.15) is 0 Å². The summed E-state index contributed by atoms with van der Waals surface area (Å²) in [5, 5.41) is 10.9. The normalized spacial score (nSPS) is 21.0. The van der Waals surface area contributed by atoms with Crippen LogP contribution in [0.5, 0.6) is 0 Å². The molecule has 1 fully saturated rings. The van der Waals surface area contributed by atoms with Crippen LogP contribution in [0.4, 0.5) is 0 Å². The van der Waals surface area contributed by atoms with Crippen molar-refractivity contribution in [1.29, 1.82) is 0 Å². The summed E-state index contributed by atoms with van der Waals surface area (Å²) in [7, 11) is 1.78. The first-order valence-corrected chi connectivity index (χ1v) is 8.37. The number of carbonyl (C=O) groups is 1. The van der Waals surface area contributed by atoms with E-state index in [1.807, 2.05) is 37.3 Å². The molecule has 2 atom stereocenters. The van der Waals surface area contributed by atoms with Gasteiger partial charge in [-0.3, -0.25) is 4.79 Å². The Morgan fingerprint density at radius 1 is 1.32 bits per heavy atom. The van der Waals surface area contributed by atoms with E-state index in [0.717, 1.165) is 35.5 Å². The maximum absolute atomic E-state index is 12.7. The quantitative estimate of drug-likeness (QED) is 0.946. The number of aliphatic hydroxyl groups is 1. The van der Waals surface area contributed by atoms with E-state index in [9.17, 15) is 9.90 Å². The maximum Gasteiger partial charge on any atom is 0.265 e. The number of hydrogen-bond donors (Lipinski definition) is 1. The van der Waals surface area contributed by atoms with Gasteiger partial charge in [0.1, 0.15) is 9.88 Å². The standard InChI is InChI=1S/C17H20N2O2S/c1-11-15(17(21)19(2)13-9-6-10-14(13)20)22-16(18-11)12-7-4-3-5-8-12/h3-5,7-8,13-14,20H,6,9-10H2,1-2H3/t13-,14-/m1/s1. The van der Waals surface area contributed by atoms with Crippen molar-refractivity contribution < 1.29 is 9.90 Å². The van der Waals surface area contributed by atoms with Gasteiger partial charge in [0.2, 0.25) is 0 Å². The van der Waals surface area contributed by atoms with Gasteiger partial charge < -0.3 is 10.0 Å². The smallest absolute Gasteiger partial charge is 0.265 e. The van der Waals surface area contributed by atoms with Crippen LogP contribution in [0.1, 0.15) is 34.6 Å². The van der Waals surface area contributed by atoms with Gasteiger partial charge in [0, 0.05) is 12.6 Å². The molecule has 1 aromatic carbocycles. The Balaban J connectivity index is 1.85. The Kier molecular flexibility index (Phi) is 4.27. The van der Waals surface area contributed by atoms with Crippen LogP contribution in [0.25, 0.3) is 10.6 Å². The fraction of sp³-hybridized carbons (Fsp3) is 0.412. The highest BCUT2D eigenvalue weighted by atomic mass is 32.1. The van der Waals surface area contributed by atoms with E-state index in [1.165, 1.54) is 11.3 Å². The Labute approximate surface area is 134 Å². The molecule has 0 bridgehead atoms. The lowest BCUT2D eigenvalue weighted by Crippen LogP contribution is -2.41. The molecular formula is C17H20N2O2S. The van der Waals surface area contributed by atoms with Crippen molar-refractivity contribution in [1.82, 2.24) is 9.88 Å². The van der Waals surface area contributed by atoms with Crippen molar-refractivity contribution in [2.45, 2.75) is 38.3 Å². The molecule has 0 radical (unpaired) electrons. The second-order valence-corrected chi connectivity index (χ2v) is 6.78. The van der Waals surface area contributed by atoms with E-state index in [1.54, 1.807) is 11.9 Å². The predicted octanol–water partition coefficient (Wildman–Crippen LogP) is 3.10. The number of carbonyl (C=O) groups excluding carboxylic acids is 1. The van der Waals surface area contributed by atoms with E-state index in [4.69, 9.17) is 0 Å². The lowest BCUT2D eigenvalue weighted by Gasteiger charge is -2.26. The number of hydrogen-bond acceptors (Lipinski definition) is 4. The van der Waals surface area contributed by atoms with Crippen LogP contribution in [0.3, 0.4) is 0 Å². The second kappa shape index (κ2) is 6.18. The zero-order valence-corrected chi connectivity index (χ0v) is 13.6. The summed E-state index contributed by atoms with van der Waals surface area (Å²) in [5.41, 5.74) is 1.78. The molecule has 5 heteroatoms. The third-order valence-electron chi connectivity index (χ3n) is 4.27. The summed E-state index contributed by atoms with van der Waals surface area (Å²) in [5.74, 6) is -0.0388. The first-order valence-electron chi connectivity index (χ1n) is 7.56. The van der Waals surface area contributed by atoms with E-state index in [0.29, 0.717) is 4.88 Å². The minimum absolute atomic E-state index is 0.0388. The fourth-order valence-corrected chi connectivity index (χ4v) is 4.04. The topological polar surface area (TPSA) is 53.4 Å². The monoisotopic (exact) mass is 316 g/mol. The Bertz CT molecular complexity index is 669. The molecule has 1 heterocycles. The lowest BCUT2D eigenvalue weighted by molar-refractivity contribution is 0.0542. The van der Waals surface area contributed by atoms with Gasteiger partial charge >= 0.3 is 0 Å². The van der Waals surface area contributed by atoms with Crippen LogP contribution in [-0.4, -0.2) is 40.1 Å². The highest BCUT2D eigenvalue weighted by molar-refractivity contribution is 7.17. The maximum atomic E-state index is 12.7. The van der Waals surface area contributed by atoms with Crippen LogP contribution >= 0.6 is 11.3 Å². The number of aromatic nitrogens is 1. The van der Waals surface area contributed by atoms with E-state index in [-0.39, 0.29) is 11.9 Å². The highest BCUT2D eigenvalue weighted by Crippen LogP contribution is 2.30. The van der Waals surface area contributed by atoms with Crippen LogP contribution in [0.2, 0.25) is 0 Å². The van der Waals surface area contributed by atoms with Gasteiger partial charge in [-0.25, -0.2) is 4.98 Å². The number of aryl methyl sites for hydroxylation is 1. The number of aliphatic hydroxyl groups excluding tert-OH is 1. The molecule has 1 aromatic heterocycles. The molecule has 0 aliphatic heterocycles. The Morgan fingerprint density at radius 3 is 2.68 bits per heavy atom. The van der Waals surface area contributed by atoms with Crippen molar-refractivity contribution in [2.24, 2.45) is 0 Å². The molecule has 3 rings (SSSR count). The minimum Gasteiger partial charge on any atom is -0.391 e. The van der Waals surface area contributed by atoms with Gasteiger partial charge in [-0.15, -0.1) is 11.3 Å². The lowest BCUT2D eigenvalue weighted by atomic mass is 10.2. The van der Waals surface area contributed by atoms with Crippen LogP contribution < -0.4 is 0 Å². The van der Waals surface area contributed by atoms with E-state index in [2.05, 4.69) is 4.98 Å². The number of amides is 1. The van der Waals surface area contributed by atoms with Crippen molar-refractivity contribution in [3.05, 3.63) is 40.9 Å². The second-order valence-electron chi connectivity index (χ2n) is 5.78. The summed E-state index contributed by atoms with van der Waals surface area (Å²) in [6.07, 6.45) is 2.21. The van der Waals surface area contributed by atoms with Crippen LogP contribution in [0, 0.1) is 6.92 Å². The highest BCUT2D eigenvalue weighted by Gasteiger charge is 2.33. The fourth-order valence-electron chi connectivity index (χ4n) is 2.98. The molecule has 0 spiro atoms. The third-order valence-corrected chi connectivity index (χ3v) is 5.47. The van der Waals surface area contributed by atoms with Crippen molar-refractivity contribution >= 4 is 17.2 Å².